The van der Waals surface area contributed by atoms with Gasteiger partial charge in [-0.25, -0.2) is 0 Å². The van der Waals surface area contributed by atoms with Crippen molar-refractivity contribution in [2.24, 2.45) is 10.2 Å². The van der Waals surface area contributed by atoms with Crippen LogP contribution in [-0.4, -0.2) is 27.4 Å². The van der Waals surface area contributed by atoms with Gasteiger partial charge in [0.1, 0.15) is 11.4 Å². The molecule has 0 heterocycles. The van der Waals surface area contributed by atoms with E-state index in [1.807, 2.05) is 12.1 Å². The summed E-state index contributed by atoms with van der Waals surface area (Å²) in [5, 5.41) is 10.6. The molecule has 0 atom stereocenters. The molecule has 3 aromatic rings. The Morgan fingerprint density at radius 2 is 1.58 bits per heavy atom. The number of rotatable bonds is 4. The van der Waals surface area contributed by atoms with Crippen molar-refractivity contribution in [2.45, 2.75) is 0 Å². The molecule has 0 saturated heterocycles. The molecule has 26 heavy (non-hydrogen) atoms. The monoisotopic (exact) mass is 368 g/mol. The van der Waals surface area contributed by atoms with Crippen molar-refractivity contribution in [1.29, 1.82) is 0 Å². The van der Waals surface area contributed by atoms with E-state index in [-0.39, 0.29) is 12.4 Å². The van der Waals surface area contributed by atoms with E-state index in [1.165, 1.54) is 0 Å². The number of fused-ring (bicyclic) bond motifs is 1. The molecule has 5 nitrogen and oxygen atoms in total. The van der Waals surface area contributed by atoms with E-state index in [0.29, 0.717) is 27.1 Å². The third-order valence-electron chi connectivity index (χ3n) is 4.07. The fourth-order valence-electron chi connectivity index (χ4n) is 2.58. The van der Waals surface area contributed by atoms with Crippen molar-refractivity contribution < 1.29 is 17.2 Å². The molecule has 0 unspecified atom stereocenters. The number of aldehydes is 1. The summed E-state index contributed by atoms with van der Waals surface area (Å²) in [7, 11) is 6.29. The molecule has 0 spiro atoms. The summed E-state index contributed by atoms with van der Waals surface area (Å²) in [6.07, 6.45) is 0.815. The van der Waals surface area contributed by atoms with Crippen LogP contribution in [0.25, 0.3) is 10.8 Å². The lowest BCUT2D eigenvalue weighted by Crippen LogP contribution is -3.00. The van der Waals surface area contributed by atoms with E-state index in [2.05, 4.69) is 43.5 Å². The van der Waals surface area contributed by atoms with Crippen LogP contribution in [0.5, 0.6) is 0 Å². The number of carbonyl (C=O) groups is 1. The van der Waals surface area contributed by atoms with Crippen molar-refractivity contribution in [3.8, 4) is 0 Å². The third kappa shape index (κ3) is 4.07. The van der Waals surface area contributed by atoms with Gasteiger partial charge in [0.25, 0.3) is 0 Å². The predicted octanol–water partition coefficient (Wildman–Crippen LogP) is 1.85. The molecule has 3 aromatic carbocycles. The summed E-state index contributed by atoms with van der Waals surface area (Å²) in [4.78, 5) is 11.5. The second-order valence-electron chi connectivity index (χ2n) is 6.83. The number of quaternary nitrogens is 1. The number of azo groups is 1. The molecule has 6 heteroatoms. The molecule has 0 aliphatic rings. The summed E-state index contributed by atoms with van der Waals surface area (Å²) in [6, 6.07) is 17.0. The number of halogens is 1. The standard InChI is InChI=1S/C20H20N4O.ClH/c1-24(2,3)18-11-6-14-4-5-15(13-25)20(19(14)12-18)23-22-17-9-7-16(21)8-10-17;/h4-13H,1-3H3,(H-,21,23,25);1H. The van der Waals surface area contributed by atoms with Gasteiger partial charge in [-0.3, -0.25) is 9.28 Å². The first-order valence-electron chi connectivity index (χ1n) is 8.00. The summed E-state index contributed by atoms with van der Waals surface area (Å²) < 4.78 is 0.676. The minimum atomic E-state index is 0. The minimum absolute atomic E-state index is 0. The van der Waals surface area contributed by atoms with Gasteiger partial charge in [0.05, 0.1) is 26.8 Å². The van der Waals surface area contributed by atoms with Gasteiger partial charge in [-0.1, -0.05) is 6.07 Å². The fraction of sp³-hybridized carbons (Fsp3) is 0.150. The van der Waals surface area contributed by atoms with E-state index >= 15 is 0 Å². The van der Waals surface area contributed by atoms with Crippen LogP contribution >= 0.6 is 0 Å². The van der Waals surface area contributed by atoms with Gasteiger partial charge in [0, 0.05) is 22.7 Å². The van der Waals surface area contributed by atoms with Crippen molar-refractivity contribution in [1.82, 2.24) is 4.48 Å². The molecule has 0 aromatic heterocycles. The van der Waals surface area contributed by atoms with Gasteiger partial charge < -0.3 is 18.1 Å². The van der Waals surface area contributed by atoms with Crippen LogP contribution in [0.2, 0.25) is 0 Å². The molecule has 0 fully saturated rings. The first kappa shape index (κ1) is 19.6. The van der Waals surface area contributed by atoms with E-state index in [1.54, 1.807) is 30.3 Å². The summed E-state index contributed by atoms with van der Waals surface area (Å²) in [6.45, 7) is 0. The van der Waals surface area contributed by atoms with Gasteiger partial charge in [0.15, 0.2) is 6.29 Å². The second-order valence-corrected chi connectivity index (χ2v) is 6.83. The van der Waals surface area contributed by atoms with Crippen LogP contribution < -0.4 is 22.6 Å². The Morgan fingerprint density at radius 3 is 2.19 bits per heavy atom. The fourth-order valence-corrected chi connectivity index (χ4v) is 2.58. The van der Waals surface area contributed by atoms with Crippen LogP contribution in [-0.2, 0) is 0 Å². The molecule has 0 saturated carbocycles. The average Bonchev–Trinajstić information content (AvgIpc) is 2.59. The van der Waals surface area contributed by atoms with Gasteiger partial charge in [-0.05, 0) is 47.9 Å². The minimum Gasteiger partial charge on any atom is -1.00 e. The van der Waals surface area contributed by atoms with E-state index in [0.717, 1.165) is 22.7 Å². The van der Waals surface area contributed by atoms with Gasteiger partial charge >= 0.3 is 0 Å². The largest absolute Gasteiger partial charge is 1.00 e. The second kappa shape index (κ2) is 7.64. The lowest BCUT2D eigenvalue weighted by atomic mass is 10.0. The quantitative estimate of drug-likeness (QED) is 0.330. The van der Waals surface area contributed by atoms with Crippen molar-refractivity contribution in [3.05, 3.63) is 60.2 Å². The molecule has 0 radical (unpaired) electrons. The number of nitrogen functional groups attached to an aromatic ring is 1. The summed E-state index contributed by atoms with van der Waals surface area (Å²) >= 11 is 0. The number of hydrogen-bond acceptors (Lipinski definition) is 4. The highest BCUT2D eigenvalue weighted by atomic mass is 35.5. The number of carbonyl (C=O) groups excluding carboxylic acids is 1. The Bertz CT molecular complexity index is 960. The summed E-state index contributed by atoms with van der Waals surface area (Å²) in [5.74, 6) is 0. The number of nitrogens with zero attached hydrogens (tertiary/aromatic N) is 3. The lowest BCUT2D eigenvalue weighted by molar-refractivity contribution is -0.0000118. The predicted molar refractivity (Wildman–Crippen MR) is 104 cm³/mol. The Balaban J connectivity index is 0.00000243. The maximum absolute atomic E-state index is 11.5. The zero-order valence-corrected chi connectivity index (χ0v) is 15.7. The zero-order valence-electron chi connectivity index (χ0n) is 15.0. The van der Waals surface area contributed by atoms with Gasteiger partial charge in [-0.15, -0.1) is 5.11 Å². The molecule has 0 amide bonds. The lowest BCUT2D eigenvalue weighted by Gasteiger charge is -2.23. The van der Waals surface area contributed by atoms with E-state index < -0.39 is 0 Å². The first-order chi connectivity index (χ1) is 11.9. The van der Waals surface area contributed by atoms with Crippen LogP contribution in [0, 0.1) is 0 Å². The highest BCUT2D eigenvalue weighted by Gasteiger charge is 2.15. The molecule has 0 bridgehead atoms. The maximum Gasteiger partial charge on any atom is 0.152 e. The Morgan fingerprint density at radius 1 is 0.923 bits per heavy atom. The van der Waals surface area contributed by atoms with Gasteiger partial charge in [-0.2, -0.15) is 5.11 Å². The molecular formula is C20H21ClN4O. The number of anilines is 1. The van der Waals surface area contributed by atoms with E-state index in [4.69, 9.17) is 5.73 Å². The first-order valence-corrected chi connectivity index (χ1v) is 8.00. The topological polar surface area (TPSA) is 67.8 Å². The Kier molecular flexibility index (Phi) is 5.75. The SMILES string of the molecule is C[N+](C)(C)c1ccc2ccc(C=O)c(N=Nc3ccc(N)cc3)c2c1.[Cl-]. The van der Waals surface area contributed by atoms with Crippen LogP contribution in [0.3, 0.4) is 0 Å². The normalized spacial score (nSPS) is 11.5. The maximum atomic E-state index is 11.5. The molecule has 2 N–H and O–H groups in total. The zero-order chi connectivity index (χ0) is 18.0. The number of nitrogens with two attached hydrogens (primary N) is 1. The average molecular weight is 369 g/mol. The Hall–Kier alpha value is -2.76. The highest BCUT2D eigenvalue weighted by Crippen LogP contribution is 2.34. The molecular weight excluding hydrogens is 348 g/mol. The molecule has 0 aliphatic heterocycles. The van der Waals surface area contributed by atoms with Crippen molar-refractivity contribution in [3.63, 3.8) is 0 Å². The molecule has 134 valence electrons. The van der Waals surface area contributed by atoms with Crippen molar-refractivity contribution >= 4 is 39.8 Å². The highest BCUT2D eigenvalue weighted by molar-refractivity contribution is 6.01. The Labute approximate surface area is 159 Å². The number of hydrogen-bond donors (Lipinski definition) is 1. The molecule has 0 aliphatic carbocycles. The number of benzene rings is 3. The summed E-state index contributed by atoms with van der Waals surface area (Å²) in [5.41, 5.74) is 9.27. The van der Waals surface area contributed by atoms with Gasteiger partial charge in [0.2, 0.25) is 0 Å². The van der Waals surface area contributed by atoms with Crippen LogP contribution in [0.15, 0.2) is 64.8 Å². The van der Waals surface area contributed by atoms with E-state index in [9.17, 15) is 4.79 Å². The smallest absolute Gasteiger partial charge is 0.152 e. The third-order valence-corrected chi connectivity index (χ3v) is 4.07. The van der Waals surface area contributed by atoms with Crippen LogP contribution in [0.1, 0.15) is 10.4 Å². The molecule has 3 rings (SSSR count). The van der Waals surface area contributed by atoms with Crippen LogP contribution in [0.4, 0.5) is 22.7 Å². The van der Waals surface area contributed by atoms with Crippen molar-refractivity contribution in [2.75, 3.05) is 26.9 Å².